The zero-order valence-electron chi connectivity index (χ0n) is 6.31. The summed E-state index contributed by atoms with van der Waals surface area (Å²) in [4.78, 5) is 0. The molecule has 1 aliphatic heterocycles. The molecule has 1 nitrogen and oxygen atoms in total. The SMILES string of the molecule is C1CCOC1.C=C[CH2][Mg][Br]. The van der Waals surface area contributed by atoms with Gasteiger partial charge in [0.1, 0.15) is 0 Å². The molecule has 10 heavy (non-hydrogen) atoms. The molecule has 1 saturated heterocycles. The Hall–Kier alpha value is 0.946. The van der Waals surface area contributed by atoms with Gasteiger partial charge in [-0.05, 0) is 12.8 Å². The van der Waals surface area contributed by atoms with Gasteiger partial charge in [-0.1, -0.05) is 0 Å². The Morgan fingerprint density at radius 1 is 1.50 bits per heavy atom. The molecule has 0 aromatic heterocycles. The molecule has 1 rings (SSSR count). The van der Waals surface area contributed by atoms with Crippen molar-refractivity contribution >= 4 is 31.1 Å². The first kappa shape index (κ1) is 10.9. The molecule has 0 aromatic carbocycles. The van der Waals surface area contributed by atoms with E-state index in [9.17, 15) is 0 Å². The molecule has 3 heteroatoms. The van der Waals surface area contributed by atoms with Gasteiger partial charge < -0.3 is 17.6 Å². The number of ether oxygens (including phenoxy) is 1. The van der Waals surface area contributed by atoms with Gasteiger partial charge in [-0.2, -0.15) is 0 Å². The number of halogens is 1. The Labute approximate surface area is 78.8 Å². The average Bonchev–Trinajstić information content (AvgIpc) is 2.44. The summed E-state index contributed by atoms with van der Waals surface area (Å²) in [5, 5.41) is 0. The molecule has 0 N–H and O–H groups in total. The summed E-state index contributed by atoms with van der Waals surface area (Å²) in [7, 11) is 0. The van der Waals surface area contributed by atoms with Crippen molar-refractivity contribution in [3.8, 4) is 0 Å². The highest BCUT2D eigenvalue weighted by Crippen LogP contribution is 1.98. The smallest absolute Gasteiger partial charge is 0.381 e. The van der Waals surface area contributed by atoms with Crippen molar-refractivity contribution in [2.24, 2.45) is 0 Å². The standard InChI is InChI=1S/C4H8O.C3H5.BrH.Mg/c1-2-4-5-3-1;1-3-2;;/h1-4H2;3H,1-2H2;1H;/q;;;+1/p-1. The maximum atomic E-state index is 4.94. The molecule has 0 atom stereocenters. The molecular formula is C7H13BrMgO. The molecule has 1 aliphatic rings. The van der Waals surface area contributed by atoms with Crippen LogP contribution in [0.4, 0.5) is 0 Å². The predicted octanol–water partition coefficient (Wildman–Crippen LogP) is 2.40. The van der Waals surface area contributed by atoms with Gasteiger partial charge in [-0.15, -0.1) is 17.2 Å². The van der Waals surface area contributed by atoms with E-state index in [1.807, 2.05) is 6.08 Å². The molecule has 0 saturated carbocycles. The Morgan fingerprint density at radius 2 is 2.10 bits per heavy atom. The molecule has 0 radical (unpaired) electrons. The molecule has 0 spiro atoms. The highest BCUT2D eigenvalue weighted by Gasteiger charge is 1.94. The first-order chi connectivity index (χ1) is 4.91. The first-order valence-corrected chi connectivity index (χ1v) is 8.56. The fourth-order valence-electron chi connectivity index (χ4n) is 0.587. The van der Waals surface area contributed by atoms with E-state index in [1.165, 1.54) is 17.4 Å². The molecule has 56 valence electrons. The number of rotatable bonds is 2. The zero-order chi connectivity index (χ0) is 7.66. The third-order valence-corrected chi connectivity index (χ3v) is 3.14. The number of hydrogen-bond donors (Lipinski definition) is 0. The summed E-state index contributed by atoms with van der Waals surface area (Å²) in [6, 6.07) is 0. The average molecular weight is 217 g/mol. The van der Waals surface area contributed by atoms with E-state index in [2.05, 4.69) is 19.5 Å². The molecule has 0 bridgehead atoms. The van der Waals surface area contributed by atoms with Crippen LogP contribution in [0.15, 0.2) is 12.7 Å². The summed E-state index contributed by atoms with van der Waals surface area (Å²) < 4.78 is 6.15. The third kappa shape index (κ3) is 8.95. The highest BCUT2D eigenvalue weighted by atomic mass is 79.9. The van der Waals surface area contributed by atoms with Crippen molar-refractivity contribution in [3.63, 3.8) is 0 Å². The van der Waals surface area contributed by atoms with Gasteiger partial charge in [-0.3, -0.25) is 0 Å². The molecule has 1 fully saturated rings. The minimum Gasteiger partial charge on any atom is -0.381 e. The van der Waals surface area contributed by atoms with E-state index in [-0.39, 0.29) is 18.2 Å². The van der Waals surface area contributed by atoms with Gasteiger partial charge in [0.2, 0.25) is 0 Å². The minimum absolute atomic E-state index is 0.108. The van der Waals surface area contributed by atoms with Crippen LogP contribution >= 0.6 is 12.9 Å². The van der Waals surface area contributed by atoms with Crippen molar-refractivity contribution < 1.29 is 4.74 Å². The van der Waals surface area contributed by atoms with Crippen molar-refractivity contribution in [1.82, 2.24) is 0 Å². The van der Waals surface area contributed by atoms with Gasteiger partial charge in [-0.25, -0.2) is 0 Å². The molecule has 0 aliphatic carbocycles. The lowest BCUT2D eigenvalue weighted by Gasteiger charge is -1.76. The molecular weight excluding hydrogens is 204 g/mol. The van der Waals surface area contributed by atoms with E-state index in [0.29, 0.717) is 0 Å². The van der Waals surface area contributed by atoms with Crippen LogP contribution in [-0.2, 0) is 4.74 Å². The molecule has 1 heterocycles. The first-order valence-electron chi connectivity index (χ1n) is 3.66. The van der Waals surface area contributed by atoms with Crippen LogP contribution in [0.2, 0.25) is 4.55 Å². The fraction of sp³-hybridized carbons (Fsp3) is 0.714. The second kappa shape index (κ2) is 9.95. The fourth-order valence-corrected chi connectivity index (χ4v) is 1.71. The number of hydrogen-bond acceptors (Lipinski definition) is 1. The van der Waals surface area contributed by atoms with Gasteiger partial charge >= 0.3 is 18.2 Å². The van der Waals surface area contributed by atoms with Gasteiger partial charge in [0, 0.05) is 13.2 Å². The lowest BCUT2D eigenvalue weighted by Crippen LogP contribution is -1.74. The van der Waals surface area contributed by atoms with Crippen LogP contribution < -0.4 is 0 Å². The Kier molecular flexibility index (Phi) is 10.9. The van der Waals surface area contributed by atoms with E-state index in [4.69, 9.17) is 4.74 Å². The van der Waals surface area contributed by atoms with E-state index in [1.54, 1.807) is 0 Å². The lowest BCUT2D eigenvalue weighted by molar-refractivity contribution is 0.198. The van der Waals surface area contributed by atoms with Gasteiger partial charge in [0.05, 0.1) is 0 Å². The van der Waals surface area contributed by atoms with Crippen LogP contribution in [0.25, 0.3) is 0 Å². The Bertz CT molecular complexity index is 66.4. The third-order valence-electron chi connectivity index (χ3n) is 1.14. The minimum atomic E-state index is 0.108. The molecule has 0 unspecified atom stereocenters. The normalized spacial score (nSPS) is 14.9. The second-order valence-corrected chi connectivity index (χ2v) is 5.42. The Morgan fingerprint density at radius 3 is 2.20 bits per heavy atom. The Balaban J connectivity index is 0.000000162. The highest BCUT2D eigenvalue weighted by molar-refractivity contribution is 9.23. The van der Waals surface area contributed by atoms with E-state index in [0.717, 1.165) is 13.2 Å². The summed E-state index contributed by atoms with van der Waals surface area (Å²) in [5.41, 5.74) is 0. The van der Waals surface area contributed by atoms with Gasteiger partial charge in [0.15, 0.2) is 0 Å². The van der Waals surface area contributed by atoms with Crippen LogP contribution in [-0.4, -0.2) is 31.4 Å². The van der Waals surface area contributed by atoms with E-state index >= 15 is 0 Å². The summed E-state index contributed by atoms with van der Waals surface area (Å²) >= 11 is 3.49. The largest absolute Gasteiger partial charge is 0.472 e. The summed E-state index contributed by atoms with van der Waals surface area (Å²) in [6.45, 7) is 5.56. The van der Waals surface area contributed by atoms with Crippen molar-refractivity contribution in [3.05, 3.63) is 12.7 Å². The van der Waals surface area contributed by atoms with Crippen molar-refractivity contribution in [2.45, 2.75) is 17.4 Å². The lowest BCUT2D eigenvalue weighted by atomic mass is 10.4. The quantitative estimate of drug-likeness (QED) is 0.510. The predicted molar refractivity (Wildman–Crippen MR) is 49.7 cm³/mol. The molecule has 0 aromatic rings. The summed E-state index contributed by atoms with van der Waals surface area (Å²) in [6.07, 6.45) is 4.50. The van der Waals surface area contributed by atoms with Crippen molar-refractivity contribution in [2.75, 3.05) is 13.2 Å². The second-order valence-electron chi connectivity index (χ2n) is 2.09. The van der Waals surface area contributed by atoms with Gasteiger partial charge in [0.25, 0.3) is 0 Å². The van der Waals surface area contributed by atoms with Crippen LogP contribution in [0.3, 0.4) is 0 Å². The summed E-state index contributed by atoms with van der Waals surface area (Å²) in [5.74, 6) is 0. The van der Waals surface area contributed by atoms with E-state index < -0.39 is 0 Å². The monoisotopic (exact) mass is 216 g/mol. The van der Waals surface area contributed by atoms with Crippen LogP contribution in [0, 0.1) is 0 Å². The zero-order valence-corrected chi connectivity index (χ0v) is 9.31. The van der Waals surface area contributed by atoms with Crippen LogP contribution in [0.5, 0.6) is 0 Å². The topological polar surface area (TPSA) is 9.23 Å². The number of allylic oxidation sites excluding steroid dienone is 1. The van der Waals surface area contributed by atoms with Crippen molar-refractivity contribution in [1.29, 1.82) is 0 Å². The van der Waals surface area contributed by atoms with Crippen LogP contribution in [0.1, 0.15) is 12.8 Å². The molecule has 0 amide bonds. The maximum absolute atomic E-state index is 4.94. The maximum Gasteiger partial charge on any atom is 0.472 e.